The van der Waals surface area contributed by atoms with Crippen molar-refractivity contribution in [2.75, 3.05) is 6.54 Å². The highest BCUT2D eigenvalue weighted by Crippen LogP contribution is 2.23. The van der Waals surface area contributed by atoms with Gasteiger partial charge in [0.05, 0.1) is 32.7 Å². The first kappa shape index (κ1) is 20.2. The Hall–Kier alpha value is -3.06. The highest BCUT2D eigenvalue weighted by atomic mass is 32.1. The van der Waals surface area contributed by atoms with Crippen LogP contribution in [-0.2, 0) is 17.8 Å². The van der Waals surface area contributed by atoms with E-state index in [9.17, 15) is 9.59 Å². The number of fused-ring (bicyclic) bond motifs is 2. The largest absolute Gasteiger partial charge is 0.336 e. The van der Waals surface area contributed by atoms with Crippen molar-refractivity contribution in [1.82, 2.24) is 19.9 Å². The first-order valence-corrected chi connectivity index (χ1v) is 11.1. The molecule has 1 amide bonds. The predicted octanol–water partition coefficient (Wildman–Crippen LogP) is 4.29. The van der Waals surface area contributed by atoms with Crippen LogP contribution >= 0.6 is 11.3 Å². The smallest absolute Gasteiger partial charge is 0.258 e. The van der Waals surface area contributed by atoms with Gasteiger partial charge in [-0.2, -0.15) is 0 Å². The third kappa shape index (κ3) is 4.57. The fourth-order valence-electron chi connectivity index (χ4n) is 3.50. The van der Waals surface area contributed by atoms with Crippen molar-refractivity contribution >= 4 is 38.4 Å². The van der Waals surface area contributed by atoms with Crippen molar-refractivity contribution < 1.29 is 4.79 Å². The lowest BCUT2D eigenvalue weighted by atomic mass is 10.2. The number of para-hydroxylation sites is 2. The number of carbonyl (C=O) groups excluding carboxylic acids is 1. The third-order valence-corrected chi connectivity index (χ3v) is 6.20. The van der Waals surface area contributed by atoms with E-state index in [1.165, 1.54) is 4.70 Å². The van der Waals surface area contributed by atoms with Crippen LogP contribution in [0.1, 0.15) is 37.0 Å². The van der Waals surface area contributed by atoms with Gasteiger partial charge in [-0.1, -0.05) is 24.3 Å². The molecule has 0 aliphatic rings. The Bertz CT molecular complexity index is 1200. The van der Waals surface area contributed by atoms with Crippen molar-refractivity contribution in [3.8, 4) is 0 Å². The minimum Gasteiger partial charge on any atom is -0.336 e. The summed E-state index contributed by atoms with van der Waals surface area (Å²) in [6, 6.07) is 15.4. The van der Waals surface area contributed by atoms with Crippen LogP contribution in [0.5, 0.6) is 0 Å². The van der Waals surface area contributed by atoms with E-state index >= 15 is 0 Å². The number of aromatic amines is 1. The molecule has 0 unspecified atom stereocenters. The summed E-state index contributed by atoms with van der Waals surface area (Å²) in [5, 5.41) is 1.68. The van der Waals surface area contributed by atoms with Gasteiger partial charge in [0.1, 0.15) is 5.82 Å². The molecule has 2 heterocycles. The average molecular weight is 421 g/mol. The molecule has 0 aliphatic heterocycles. The maximum Gasteiger partial charge on any atom is 0.258 e. The fourth-order valence-corrected chi connectivity index (χ4v) is 4.51. The highest BCUT2D eigenvalue weighted by Gasteiger charge is 2.14. The number of rotatable bonds is 8. The number of nitrogens with zero attached hydrogens (tertiary/aromatic N) is 3. The zero-order chi connectivity index (χ0) is 20.9. The van der Waals surface area contributed by atoms with E-state index < -0.39 is 0 Å². The number of nitrogens with one attached hydrogen (secondary N) is 1. The molecular formula is C23H24N4O2S. The summed E-state index contributed by atoms with van der Waals surface area (Å²) in [7, 11) is 0. The second-order valence-corrected chi connectivity index (χ2v) is 8.34. The van der Waals surface area contributed by atoms with Crippen LogP contribution in [0.3, 0.4) is 0 Å². The van der Waals surface area contributed by atoms with Crippen molar-refractivity contribution in [2.24, 2.45) is 0 Å². The Balaban J connectivity index is 1.32. The predicted molar refractivity (Wildman–Crippen MR) is 121 cm³/mol. The minimum atomic E-state index is -0.171. The molecule has 30 heavy (non-hydrogen) atoms. The molecule has 0 spiro atoms. The summed E-state index contributed by atoms with van der Waals surface area (Å²) in [6.07, 6.45) is 3.11. The highest BCUT2D eigenvalue weighted by molar-refractivity contribution is 7.18. The molecule has 0 saturated heterocycles. The van der Waals surface area contributed by atoms with Gasteiger partial charge >= 0.3 is 0 Å². The lowest BCUT2D eigenvalue weighted by molar-refractivity contribution is -0.131. The maximum atomic E-state index is 12.7. The second-order valence-electron chi connectivity index (χ2n) is 7.22. The molecule has 1 N–H and O–H groups in total. The average Bonchev–Trinajstić information content (AvgIpc) is 3.18. The van der Waals surface area contributed by atoms with E-state index in [1.54, 1.807) is 22.3 Å². The normalized spacial score (nSPS) is 11.2. The van der Waals surface area contributed by atoms with Crippen molar-refractivity contribution in [3.05, 3.63) is 69.7 Å². The van der Waals surface area contributed by atoms with Crippen molar-refractivity contribution in [3.63, 3.8) is 0 Å². The molecule has 0 fully saturated rings. The number of benzene rings is 2. The van der Waals surface area contributed by atoms with E-state index in [2.05, 4.69) is 21.0 Å². The van der Waals surface area contributed by atoms with Crippen LogP contribution in [0.2, 0.25) is 0 Å². The number of hydrogen-bond acceptors (Lipinski definition) is 5. The molecule has 0 saturated carbocycles. The Morgan fingerprint density at radius 1 is 1.03 bits per heavy atom. The van der Waals surface area contributed by atoms with Gasteiger partial charge in [0.15, 0.2) is 0 Å². The Morgan fingerprint density at radius 2 is 1.80 bits per heavy atom. The van der Waals surface area contributed by atoms with E-state index in [0.717, 1.165) is 29.8 Å². The number of thiazole rings is 1. The van der Waals surface area contributed by atoms with Crippen LogP contribution in [-0.4, -0.2) is 32.3 Å². The quantitative estimate of drug-likeness (QED) is 0.431. The number of amides is 1. The zero-order valence-corrected chi connectivity index (χ0v) is 17.7. The van der Waals surface area contributed by atoms with Gasteiger partial charge in [0.2, 0.25) is 5.91 Å². The van der Waals surface area contributed by atoms with Crippen molar-refractivity contribution in [1.29, 1.82) is 0 Å². The zero-order valence-electron chi connectivity index (χ0n) is 16.9. The second kappa shape index (κ2) is 9.17. The van der Waals surface area contributed by atoms with E-state index in [1.807, 2.05) is 43.3 Å². The lowest BCUT2D eigenvalue weighted by Gasteiger charge is -2.20. The van der Waals surface area contributed by atoms with Gasteiger partial charge < -0.3 is 9.88 Å². The number of aromatic nitrogens is 3. The summed E-state index contributed by atoms with van der Waals surface area (Å²) in [5.41, 5.74) is 1.52. The molecule has 0 bridgehead atoms. The molecule has 2 aromatic heterocycles. The summed E-state index contributed by atoms with van der Waals surface area (Å²) in [5.74, 6) is 0.598. The Kier molecular flexibility index (Phi) is 6.18. The van der Waals surface area contributed by atoms with E-state index in [0.29, 0.717) is 36.2 Å². The summed E-state index contributed by atoms with van der Waals surface area (Å²) < 4.78 is 1.21. The molecule has 154 valence electrons. The monoisotopic (exact) mass is 420 g/mol. The summed E-state index contributed by atoms with van der Waals surface area (Å²) in [6.45, 7) is 2.83. The molecule has 0 aliphatic carbocycles. The molecule has 7 heteroatoms. The van der Waals surface area contributed by atoms with Gasteiger partial charge in [0, 0.05) is 13.0 Å². The molecule has 0 radical (unpaired) electrons. The van der Waals surface area contributed by atoms with Crippen molar-refractivity contribution in [2.45, 2.75) is 39.2 Å². The molecule has 0 atom stereocenters. The Morgan fingerprint density at radius 3 is 2.60 bits per heavy atom. The molecule has 4 rings (SSSR count). The van der Waals surface area contributed by atoms with Gasteiger partial charge in [-0.05, 0) is 50.5 Å². The molecular weight excluding hydrogens is 396 g/mol. The van der Waals surface area contributed by atoms with Crippen LogP contribution in [0, 0.1) is 0 Å². The molecule has 2 aromatic carbocycles. The standard InChI is InChI=1S/C23H24N4O2S/c1-2-27(15-20-24-17-10-4-3-9-16(17)23(29)26-20)22(28)14-8-7-13-21-25-18-11-5-6-12-19(18)30-21/h3-6,9-12H,2,7-8,13-15H2,1H3,(H,24,26,29). The van der Waals surface area contributed by atoms with E-state index in [-0.39, 0.29) is 11.5 Å². The van der Waals surface area contributed by atoms with Gasteiger partial charge in [-0.3, -0.25) is 9.59 Å². The SMILES string of the molecule is CCN(Cc1nc2ccccc2c(=O)[nH]1)C(=O)CCCCc1nc2ccccc2s1. The van der Waals surface area contributed by atoms with Crippen LogP contribution in [0.4, 0.5) is 0 Å². The topological polar surface area (TPSA) is 79.0 Å². The lowest BCUT2D eigenvalue weighted by Crippen LogP contribution is -2.31. The third-order valence-electron chi connectivity index (χ3n) is 5.11. The molecule has 4 aromatic rings. The first-order chi connectivity index (χ1) is 14.6. The summed E-state index contributed by atoms with van der Waals surface area (Å²) >= 11 is 1.72. The first-order valence-electron chi connectivity index (χ1n) is 10.2. The van der Waals surface area contributed by atoms with E-state index in [4.69, 9.17) is 0 Å². The number of carbonyl (C=O) groups is 1. The van der Waals surface area contributed by atoms with Gasteiger partial charge in [0.25, 0.3) is 5.56 Å². The fraction of sp³-hybridized carbons (Fsp3) is 0.304. The molecule has 6 nitrogen and oxygen atoms in total. The van der Waals surface area contributed by atoms with Crippen LogP contribution < -0.4 is 5.56 Å². The van der Waals surface area contributed by atoms with Gasteiger partial charge in [-0.25, -0.2) is 9.97 Å². The van der Waals surface area contributed by atoms with Crippen LogP contribution in [0.25, 0.3) is 21.1 Å². The minimum absolute atomic E-state index is 0.0811. The summed E-state index contributed by atoms with van der Waals surface area (Å²) in [4.78, 5) is 38.6. The number of hydrogen-bond donors (Lipinski definition) is 1. The number of unbranched alkanes of at least 4 members (excludes halogenated alkanes) is 1. The maximum absolute atomic E-state index is 12.7. The number of aryl methyl sites for hydroxylation is 1. The van der Waals surface area contributed by atoms with Crippen LogP contribution in [0.15, 0.2) is 53.3 Å². The van der Waals surface area contributed by atoms with Gasteiger partial charge in [-0.15, -0.1) is 11.3 Å². The number of H-pyrrole nitrogens is 1. The Labute approximate surface area is 178 Å².